The highest BCUT2D eigenvalue weighted by molar-refractivity contribution is 5.86. The van der Waals surface area contributed by atoms with Crippen LogP contribution in [0.3, 0.4) is 0 Å². The zero-order valence-corrected chi connectivity index (χ0v) is 5.51. The molecule has 0 fully saturated rings. The molecule has 3 heteroatoms. The van der Waals surface area contributed by atoms with Gasteiger partial charge in [-0.15, -0.1) is 0 Å². The Hall–Kier alpha value is -0.830. The molecule has 0 rings (SSSR count). The summed E-state index contributed by atoms with van der Waals surface area (Å²) in [6, 6.07) is 0. The Morgan fingerprint density at radius 2 is 2.22 bits per heavy atom. The van der Waals surface area contributed by atoms with Crippen LogP contribution >= 0.6 is 0 Å². The monoisotopic (exact) mass is 129 g/mol. The first kappa shape index (κ1) is 8.17. The summed E-state index contributed by atoms with van der Waals surface area (Å²) in [4.78, 5) is 10.4. The normalized spacial score (nSPS) is 8.67. The van der Waals surface area contributed by atoms with E-state index < -0.39 is 5.97 Å². The van der Waals surface area contributed by atoms with Gasteiger partial charge in [-0.3, -0.25) is 0 Å². The van der Waals surface area contributed by atoms with Gasteiger partial charge in [0.15, 0.2) is 6.79 Å². The summed E-state index contributed by atoms with van der Waals surface area (Å²) in [6.45, 7) is 6.49. The number of carbonyl (C=O) groups excluding carboxylic acids is 1. The van der Waals surface area contributed by atoms with E-state index in [2.05, 4.69) is 9.47 Å². The average Bonchev–Trinajstić information content (AvgIpc) is 1.82. The molecule has 0 aromatic heterocycles. The van der Waals surface area contributed by atoms with Gasteiger partial charge in [-0.25, -0.2) is 4.79 Å². The van der Waals surface area contributed by atoms with Crippen LogP contribution in [0.15, 0.2) is 5.57 Å². The lowest BCUT2D eigenvalue weighted by atomic mass is 10.4. The van der Waals surface area contributed by atoms with Gasteiger partial charge < -0.3 is 9.47 Å². The van der Waals surface area contributed by atoms with Gasteiger partial charge in [-0.05, 0) is 6.92 Å². The van der Waals surface area contributed by atoms with Crippen molar-refractivity contribution in [1.29, 1.82) is 0 Å². The minimum Gasteiger partial charge on any atom is -0.435 e. The highest BCUT2D eigenvalue weighted by Gasteiger charge is 2.00. The van der Waals surface area contributed by atoms with Gasteiger partial charge in [0.2, 0.25) is 0 Å². The van der Waals surface area contributed by atoms with Crippen LogP contribution in [-0.2, 0) is 14.3 Å². The molecule has 0 atom stereocenters. The first-order valence-corrected chi connectivity index (χ1v) is 2.43. The fourth-order valence-electron chi connectivity index (χ4n) is 0.226. The van der Waals surface area contributed by atoms with Crippen molar-refractivity contribution in [1.82, 2.24) is 0 Å². The van der Waals surface area contributed by atoms with Crippen LogP contribution in [0, 0.1) is 6.58 Å². The predicted octanol–water partition coefficient (Wildman–Crippen LogP) is 0.513. The molecular weight excluding hydrogens is 120 g/mol. The van der Waals surface area contributed by atoms with E-state index in [4.69, 9.17) is 6.58 Å². The SMILES string of the molecule is [CH]=C(C)C(=O)OCOC. The Kier molecular flexibility index (Phi) is 3.71. The van der Waals surface area contributed by atoms with Crippen LogP contribution in [0.4, 0.5) is 0 Å². The average molecular weight is 129 g/mol. The van der Waals surface area contributed by atoms with E-state index in [1.165, 1.54) is 14.0 Å². The summed E-state index contributed by atoms with van der Waals surface area (Å²) in [7, 11) is 1.43. The van der Waals surface area contributed by atoms with Crippen molar-refractivity contribution < 1.29 is 14.3 Å². The van der Waals surface area contributed by atoms with Gasteiger partial charge in [-0.2, -0.15) is 0 Å². The topological polar surface area (TPSA) is 35.5 Å². The molecule has 0 unspecified atom stereocenters. The van der Waals surface area contributed by atoms with Gasteiger partial charge in [0.1, 0.15) is 0 Å². The van der Waals surface area contributed by atoms with Crippen molar-refractivity contribution in [3.05, 3.63) is 12.2 Å². The second-order valence-corrected chi connectivity index (χ2v) is 1.52. The van der Waals surface area contributed by atoms with Gasteiger partial charge in [0.25, 0.3) is 0 Å². The van der Waals surface area contributed by atoms with Gasteiger partial charge in [-0.1, -0.05) is 6.58 Å². The van der Waals surface area contributed by atoms with Gasteiger partial charge in [0.05, 0.1) is 0 Å². The summed E-state index contributed by atoms with van der Waals surface area (Å²) in [5, 5.41) is 0. The predicted molar refractivity (Wildman–Crippen MR) is 31.5 cm³/mol. The molecule has 0 aromatic rings. The lowest BCUT2D eigenvalue weighted by molar-refractivity contribution is -0.149. The maximum atomic E-state index is 10.4. The molecule has 3 nitrogen and oxygen atoms in total. The zero-order valence-electron chi connectivity index (χ0n) is 5.51. The molecule has 51 valence electrons. The lowest BCUT2D eigenvalue weighted by Gasteiger charge is -1.99. The minimum atomic E-state index is -0.531. The van der Waals surface area contributed by atoms with E-state index in [-0.39, 0.29) is 12.4 Å². The molecule has 0 aromatic carbocycles. The number of hydrogen-bond acceptors (Lipinski definition) is 3. The number of methoxy groups -OCH3 is 1. The first-order chi connectivity index (χ1) is 4.18. The quantitative estimate of drug-likeness (QED) is 0.316. The summed E-state index contributed by atoms with van der Waals surface area (Å²) in [5.41, 5.74) is 0.132. The highest BCUT2D eigenvalue weighted by Crippen LogP contribution is 1.90. The second kappa shape index (κ2) is 4.09. The Morgan fingerprint density at radius 1 is 1.67 bits per heavy atom. The van der Waals surface area contributed by atoms with E-state index in [1.807, 2.05) is 0 Å². The molecule has 0 saturated heterocycles. The van der Waals surface area contributed by atoms with E-state index >= 15 is 0 Å². The Balaban J connectivity index is 3.39. The van der Waals surface area contributed by atoms with Crippen molar-refractivity contribution in [2.45, 2.75) is 6.92 Å². The molecule has 0 heterocycles. The third-order valence-electron chi connectivity index (χ3n) is 0.630. The maximum absolute atomic E-state index is 10.4. The highest BCUT2D eigenvalue weighted by atomic mass is 16.7. The Morgan fingerprint density at radius 3 is 2.56 bits per heavy atom. The fourth-order valence-corrected chi connectivity index (χ4v) is 0.226. The molecule has 0 N–H and O–H groups in total. The van der Waals surface area contributed by atoms with Crippen molar-refractivity contribution in [2.24, 2.45) is 0 Å². The van der Waals surface area contributed by atoms with Crippen LogP contribution < -0.4 is 0 Å². The minimum absolute atomic E-state index is 0.0482. The summed E-state index contributed by atoms with van der Waals surface area (Å²) in [6.07, 6.45) is 0. The maximum Gasteiger partial charge on any atom is 0.335 e. The van der Waals surface area contributed by atoms with E-state index in [1.54, 1.807) is 0 Å². The summed E-state index contributed by atoms with van der Waals surface area (Å²) < 4.78 is 8.88. The molecule has 0 bridgehead atoms. The summed E-state index contributed by atoms with van der Waals surface area (Å²) >= 11 is 0. The van der Waals surface area contributed by atoms with Crippen LogP contribution in [0.2, 0.25) is 0 Å². The van der Waals surface area contributed by atoms with Crippen molar-refractivity contribution in [3.8, 4) is 0 Å². The molecule has 9 heavy (non-hydrogen) atoms. The van der Waals surface area contributed by atoms with Crippen molar-refractivity contribution >= 4 is 5.97 Å². The number of carbonyl (C=O) groups is 1. The summed E-state index contributed by atoms with van der Waals surface area (Å²) in [5.74, 6) is -0.531. The molecule has 0 spiro atoms. The van der Waals surface area contributed by atoms with Crippen molar-refractivity contribution in [3.63, 3.8) is 0 Å². The number of rotatable bonds is 3. The van der Waals surface area contributed by atoms with E-state index in [9.17, 15) is 4.79 Å². The van der Waals surface area contributed by atoms with Crippen LogP contribution in [-0.4, -0.2) is 19.9 Å². The van der Waals surface area contributed by atoms with Crippen LogP contribution in [0.5, 0.6) is 0 Å². The third-order valence-corrected chi connectivity index (χ3v) is 0.630. The number of hydrogen-bond donors (Lipinski definition) is 0. The largest absolute Gasteiger partial charge is 0.435 e. The lowest BCUT2D eigenvalue weighted by Crippen LogP contribution is -2.06. The molecule has 1 radical (unpaired) electrons. The van der Waals surface area contributed by atoms with Crippen LogP contribution in [0.25, 0.3) is 0 Å². The van der Waals surface area contributed by atoms with Gasteiger partial charge >= 0.3 is 5.97 Å². The van der Waals surface area contributed by atoms with Crippen LogP contribution in [0.1, 0.15) is 6.92 Å². The Bertz CT molecular complexity index is 117. The number of ether oxygens (including phenoxy) is 2. The standard InChI is InChI=1S/C6H9O3/c1-5(2)6(7)9-4-8-3/h1H,4H2,2-3H3. The Labute approximate surface area is 54.3 Å². The smallest absolute Gasteiger partial charge is 0.335 e. The molecule has 0 aliphatic rings. The third kappa shape index (κ3) is 3.73. The fraction of sp³-hybridized carbons (Fsp3) is 0.500. The molecule has 0 aliphatic carbocycles. The van der Waals surface area contributed by atoms with E-state index in [0.29, 0.717) is 0 Å². The second-order valence-electron chi connectivity index (χ2n) is 1.52. The van der Waals surface area contributed by atoms with E-state index in [0.717, 1.165) is 0 Å². The molecule has 0 aliphatic heterocycles. The molecule has 0 amide bonds. The zero-order chi connectivity index (χ0) is 7.28. The first-order valence-electron chi connectivity index (χ1n) is 2.43. The molecular formula is C6H9O3. The van der Waals surface area contributed by atoms with Gasteiger partial charge in [0, 0.05) is 12.7 Å². The number of esters is 1. The molecule has 0 saturated carbocycles. The van der Waals surface area contributed by atoms with Crippen molar-refractivity contribution in [2.75, 3.05) is 13.9 Å².